The smallest absolute Gasteiger partial charge is 0.236 e. The highest BCUT2D eigenvalue weighted by atomic mass is 16.5. The van der Waals surface area contributed by atoms with Crippen LogP contribution in [0.25, 0.3) is 0 Å². The quantitative estimate of drug-likeness (QED) is 0.819. The zero-order valence-corrected chi connectivity index (χ0v) is 13.2. The van der Waals surface area contributed by atoms with Gasteiger partial charge < -0.3 is 14.1 Å². The molecule has 1 saturated heterocycles. The monoisotopic (exact) mass is 314 g/mol. The second-order valence-electron chi connectivity index (χ2n) is 5.70. The van der Waals surface area contributed by atoms with Gasteiger partial charge >= 0.3 is 0 Å². The molecule has 1 fully saturated rings. The number of amides is 1. The fraction of sp³-hybridized carbons (Fsp3) is 0.389. The predicted molar refractivity (Wildman–Crippen MR) is 86.7 cm³/mol. The minimum atomic E-state index is 0.149. The van der Waals surface area contributed by atoms with E-state index in [1.165, 1.54) is 5.56 Å². The number of morpholine rings is 1. The van der Waals surface area contributed by atoms with E-state index in [0.717, 1.165) is 12.3 Å². The predicted octanol–water partition coefficient (Wildman–Crippen LogP) is 2.14. The summed E-state index contributed by atoms with van der Waals surface area (Å²) in [7, 11) is 0. The molecule has 3 rings (SSSR count). The summed E-state index contributed by atoms with van der Waals surface area (Å²) >= 11 is 0. The van der Waals surface area contributed by atoms with Crippen LogP contribution >= 0.6 is 0 Å². The Morgan fingerprint density at radius 3 is 2.52 bits per heavy atom. The normalized spacial score (nSPS) is 15.1. The third-order valence-corrected chi connectivity index (χ3v) is 3.93. The molecule has 1 aromatic carbocycles. The minimum Gasteiger partial charge on any atom is -0.468 e. The molecule has 0 spiro atoms. The van der Waals surface area contributed by atoms with Crippen molar-refractivity contribution in [3.63, 3.8) is 0 Å². The minimum absolute atomic E-state index is 0.149. The molecule has 2 heterocycles. The number of benzene rings is 1. The zero-order valence-electron chi connectivity index (χ0n) is 13.2. The van der Waals surface area contributed by atoms with Crippen molar-refractivity contribution in [3.05, 3.63) is 60.1 Å². The maximum absolute atomic E-state index is 12.5. The Bertz CT molecular complexity index is 592. The van der Waals surface area contributed by atoms with E-state index in [1.54, 1.807) is 6.26 Å². The van der Waals surface area contributed by atoms with Crippen LogP contribution in [0.2, 0.25) is 0 Å². The van der Waals surface area contributed by atoms with Gasteiger partial charge in [-0.05, 0) is 17.7 Å². The second kappa shape index (κ2) is 7.94. The standard InChI is InChI=1S/C18H22N2O3/c21-18(20-8-11-22-12-9-20)15-19(14-17-7-4-10-23-17)13-16-5-2-1-3-6-16/h1-7,10H,8-9,11-15H2. The molecule has 1 amide bonds. The van der Waals surface area contributed by atoms with Gasteiger partial charge in [0.25, 0.3) is 0 Å². The van der Waals surface area contributed by atoms with Gasteiger partial charge in [0.05, 0.1) is 32.6 Å². The largest absolute Gasteiger partial charge is 0.468 e. The molecule has 1 aliphatic heterocycles. The van der Waals surface area contributed by atoms with E-state index in [-0.39, 0.29) is 5.91 Å². The second-order valence-corrected chi connectivity index (χ2v) is 5.70. The van der Waals surface area contributed by atoms with Gasteiger partial charge in [-0.25, -0.2) is 0 Å². The number of ether oxygens (including phenoxy) is 1. The highest BCUT2D eigenvalue weighted by Crippen LogP contribution is 2.11. The maximum atomic E-state index is 12.5. The van der Waals surface area contributed by atoms with Crippen molar-refractivity contribution in [2.75, 3.05) is 32.8 Å². The van der Waals surface area contributed by atoms with Crippen molar-refractivity contribution >= 4 is 5.91 Å². The van der Waals surface area contributed by atoms with Crippen LogP contribution in [0.4, 0.5) is 0 Å². The average Bonchev–Trinajstić information content (AvgIpc) is 3.09. The molecule has 122 valence electrons. The molecule has 0 atom stereocenters. The van der Waals surface area contributed by atoms with Crippen LogP contribution in [-0.2, 0) is 22.6 Å². The SMILES string of the molecule is O=C(CN(Cc1ccccc1)Cc1ccco1)N1CCOCC1. The van der Waals surface area contributed by atoms with Crippen LogP contribution in [0, 0.1) is 0 Å². The Labute approximate surface area is 136 Å². The number of hydrogen-bond acceptors (Lipinski definition) is 4. The van der Waals surface area contributed by atoms with Crippen LogP contribution in [0.15, 0.2) is 53.1 Å². The lowest BCUT2D eigenvalue weighted by molar-refractivity contribution is -0.136. The number of nitrogens with zero attached hydrogens (tertiary/aromatic N) is 2. The summed E-state index contributed by atoms with van der Waals surface area (Å²) in [6.07, 6.45) is 1.67. The van der Waals surface area contributed by atoms with Gasteiger partial charge in [-0.15, -0.1) is 0 Å². The first kappa shape index (κ1) is 15.8. The van der Waals surface area contributed by atoms with Gasteiger partial charge in [0.2, 0.25) is 5.91 Å². The highest BCUT2D eigenvalue weighted by Gasteiger charge is 2.20. The molecule has 1 aromatic heterocycles. The van der Waals surface area contributed by atoms with Crippen LogP contribution in [0.5, 0.6) is 0 Å². The molecule has 1 aliphatic rings. The lowest BCUT2D eigenvalue weighted by Crippen LogP contribution is -2.45. The molecule has 0 bridgehead atoms. The van der Waals surface area contributed by atoms with Gasteiger partial charge in [0.15, 0.2) is 0 Å². The fourth-order valence-electron chi connectivity index (χ4n) is 2.74. The lowest BCUT2D eigenvalue weighted by Gasteiger charge is -2.29. The van der Waals surface area contributed by atoms with Crippen molar-refractivity contribution in [3.8, 4) is 0 Å². The molecular weight excluding hydrogens is 292 g/mol. The van der Waals surface area contributed by atoms with Crippen molar-refractivity contribution in [1.82, 2.24) is 9.80 Å². The third kappa shape index (κ3) is 4.68. The summed E-state index contributed by atoms with van der Waals surface area (Å²) in [6, 6.07) is 14.0. The Morgan fingerprint density at radius 1 is 1.04 bits per heavy atom. The van der Waals surface area contributed by atoms with Gasteiger partial charge in [-0.2, -0.15) is 0 Å². The Kier molecular flexibility index (Phi) is 5.45. The molecule has 5 heteroatoms. The summed E-state index contributed by atoms with van der Waals surface area (Å²) in [5.41, 5.74) is 1.19. The van der Waals surface area contributed by atoms with Crippen molar-refractivity contribution < 1.29 is 13.9 Å². The van der Waals surface area contributed by atoms with Crippen molar-refractivity contribution in [1.29, 1.82) is 0 Å². The van der Waals surface area contributed by atoms with E-state index >= 15 is 0 Å². The van der Waals surface area contributed by atoms with E-state index < -0.39 is 0 Å². The van der Waals surface area contributed by atoms with Crippen molar-refractivity contribution in [2.24, 2.45) is 0 Å². The summed E-state index contributed by atoms with van der Waals surface area (Å²) in [5, 5.41) is 0. The first-order valence-electron chi connectivity index (χ1n) is 7.95. The number of hydrogen-bond donors (Lipinski definition) is 0. The van der Waals surface area contributed by atoms with E-state index in [9.17, 15) is 4.79 Å². The molecule has 0 N–H and O–H groups in total. The van der Waals surface area contributed by atoms with E-state index in [4.69, 9.17) is 9.15 Å². The van der Waals surface area contributed by atoms with E-state index in [0.29, 0.717) is 39.4 Å². The van der Waals surface area contributed by atoms with Crippen LogP contribution in [0.1, 0.15) is 11.3 Å². The van der Waals surface area contributed by atoms with E-state index in [2.05, 4.69) is 17.0 Å². The third-order valence-electron chi connectivity index (χ3n) is 3.93. The molecule has 23 heavy (non-hydrogen) atoms. The molecular formula is C18H22N2O3. The van der Waals surface area contributed by atoms with Gasteiger partial charge in [-0.3, -0.25) is 9.69 Å². The average molecular weight is 314 g/mol. The number of rotatable bonds is 6. The first-order chi connectivity index (χ1) is 11.3. The van der Waals surface area contributed by atoms with Crippen LogP contribution < -0.4 is 0 Å². The van der Waals surface area contributed by atoms with Crippen molar-refractivity contribution in [2.45, 2.75) is 13.1 Å². The number of furan rings is 1. The van der Waals surface area contributed by atoms with Crippen LogP contribution in [0.3, 0.4) is 0 Å². The van der Waals surface area contributed by atoms with Crippen LogP contribution in [-0.4, -0.2) is 48.6 Å². The van der Waals surface area contributed by atoms with Gasteiger partial charge in [0, 0.05) is 19.6 Å². The molecule has 5 nitrogen and oxygen atoms in total. The first-order valence-corrected chi connectivity index (χ1v) is 7.95. The summed E-state index contributed by atoms with van der Waals surface area (Å²) < 4.78 is 10.8. The highest BCUT2D eigenvalue weighted by molar-refractivity contribution is 5.78. The lowest BCUT2D eigenvalue weighted by atomic mass is 10.2. The summed E-state index contributed by atoms with van der Waals surface area (Å²) in [4.78, 5) is 16.5. The zero-order chi connectivity index (χ0) is 15.9. The van der Waals surface area contributed by atoms with E-state index in [1.807, 2.05) is 35.2 Å². The maximum Gasteiger partial charge on any atom is 0.236 e. The number of carbonyl (C=O) groups is 1. The molecule has 0 saturated carbocycles. The summed E-state index contributed by atoms with van der Waals surface area (Å²) in [6.45, 7) is 4.34. The Balaban J connectivity index is 1.65. The van der Waals surface area contributed by atoms with Gasteiger partial charge in [-0.1, -0.05) is 30.3 Å². The molecule has 0 aliphatic carbocycles. The number of carbonyl (C=O) groups excluding carboxylic acids is 1. The Hall–Kier alpha value is -2.11. The van der Waals surface area contributed by atoms with Gasteiger partial charge in [0.1, 0.15) is 5.76 Å². The molecule has 0 unspecified atom stereocenters. The molecule has 0 radical (unpaired) electrons. The molecule has 2 aromatic rings. The topological polar surface area (TPSA) is 45.9 Å². The fourth-order valence-corrected chi connectivity index (χ4v) is 2.74. The summed E-state index contributed by atoms with van der Waals surface area (Å²) in [5.74, 6) is 1.02. The Morgan fingerprint density at radius 2 is 1.83 bits per heavy atom.